The van der Waals surface area contributed by atoms with E-state index in [1.165, 1.54) is 20.7 Å². The Morgan fingerprint density at radius 1 is 1.88 bits per heavy atom. The van der Waals surface area contributed by atoms with Gasteiger partial charge in [-0.25, -0.2) is 3.97 Å². The molecule has 0 aliphatic carbocycles. The highest BCUT2D eigenvalue weighted by molar-refractivity contribution is 7.80. The van der Waals surface area contributed by atoms with Gasteiger partial charge in [0.15, 0.2) is 3.95 Å². The maximum Gasteiger partial charge on any atom is 0.213 e. The predicted molar refractivity (Wildman–Crippen MR) is 39.2 cm³/mol. The van der Waals surface area contributed by atoms with Gasteiger partial charge < -0.3 is 5.11 Å². The van der Waals surface area contributed by atoms with Crippen LogP contribution in [0.4, 0.5) is 0 Å². The average Bonchev–Trinajstić information content (AvgIpc) is 1.98. The molecule has 1 aromatic heterocycles. The molecule has 1 heterocycles. The van der Waals surface area contributed by atoms with Gasteiger partial charge in [0.1, 0.15) is 0 Å². The van der Waals surface area contributed by atoms with E-state index in [0.29, 0.717) is 3.95 Å². The van der Waals surface area contributed by atoms with Gasteiger partial charge in [-0.05, 0) is 12.2 Å². The van der Waals surface area contributed by atoms with Crippen LogP contribution in [0.1, 0.15) is 0 Å². The molecule has 0 amide bonds. The number of nitrogens with zero attached hydrogens (tertiary/aromatic N) is 1. The second-order valence-corrected chi connectivity index (χ2v) is 3.07. The summed E-state index contributed by atoms with van der Waals surface area (Å²) < 4.78 is 1.81. The molecule has 0 fully saturated rings. The van der Waals surface area contributed by atoms with Gasteiger partial charge in [-0.3, -0.25) is 0 Å². The standard InChI is InChI=1S/C3H3NOS3/c5-2-1-8-3(6)4(2)7/h1,5,7H. The first kappa shape index (κ1) is 6.12. The van der Waals surface area contributed by atoms with Gasteiger partial charge in [0.05, 0.1) is 5.38 Å². The van der Waals surface area contributed by atoms with Crippen molar-refractivity contribution in [3.8, 4) is 5.88 Å². The maximum absolute atomic E-state index is 8.77. The van der Waals surface area contributed by atoms with Crippen molar-refractivity contribution in [3.63, 3.8) is 0 Å². The molecule has 44 valence electrons. The first-order chi connectivity index (χ1) is 3.72. The van der Waals surface area contributed by atoms with Crippen LogP contribution in [0.5, 0.6) is 5.88 Å². The van der Waals surface area contributed by atoms with E-state index in [1.54, 1.807) is 0 Å². The molecule has 0 atom stereocenters. The second-order valence-electron chi connectivity index (χ2n) is 1.17. The van der Waals surface area contributed by atoms with Crippen molar-refractivity contribution in [1.29, 1.82) is 0 Å². The highest BCUT2D eigenvalue weighted by Crippen LogP contribution is 2.17. The monoisotopic (exact) mass is 165 g/mol. The van der Waals surface area contributed by atoms with Crippen molar-refractivity contribution < 1.29 is 5.11 Å². The zero-order valence-corrected chi connectivity index (χ0v) is 6.26. The summed E-state index contributed by atoms with van der Waals surface area (Å²) in [6.45, 7) is 0. The van der Waals surface area contributed by atoms with E-state index in [4.69, 9.17) is 17.3 Å². The van der Waals surface area contributed by atoms with Crippen LogP contribution < -0.4 is 0 Å². The molecule has 8 heavy (non-hydrogen) atoms. The van der Waals surface area contributed by atoms with Gasteiger partial charge in [-0.2, -0.15) is 0 Å². The van der Waals surface area contributed by atoms with E-state index in [0.717, 1.165) is 0 Å². The van der Waals surface area contributed by atoms with Crippen LogP contribution in [0.3, 0.4) is 0 Å². The lowest BCUT2D eigenvalue weighted by Gasteiger charge is -1.86. The zero-order valence-electron chi connectivity index (χ0n) is 3.74. The first-order valence-corrected chi connectivity index (χ1v) is 3.49. The van der Waals surface area contributed by atoms with Crippen molar-refractivity contribution in [3.05, 3.63) is 9.33 Å². The van der Waals surface area contributed by atoms with Crippen LogP contribution in [0, 0.1) is 3.95 Å². The van der Waals surface area contributed by atoms with Gasteiger partial charge in [0, 0.05) is 0 Å². The van der Waals surface area contributed by atoms with Crippen LogP contribution >= 0.6 is 36.4 Å². The Morgan fingerprint density at radius 2 is 2.50 bits per heavy atom. The van der Waals surface area contributed by atoms with Gasteiger partial charge in [-0.1, -0.05) is 12.8 Å². The van der Waals surface area contributed by atoms with Gasteiger partial charge in [-0.15, -0.1) is 11.3 Å². The third kappa shape index (κ3) is 0.888. The van der Waals surface area contributed by atoms with Crippen LogP contribution in [-0.4, -0.2) is 9.08 Å². The Labute approximate surface area is 60.9 Å². The smallest absolute Gasteiger partial charge is 0.213 e. The van der Waals surface area contributed by atoms with Crippen molar-refractivity contribution in [2.45, 2.75) is 0 Å². The summed E-state index contributed by atoms with van der Waals surface area (Å²) in [5.74, 6) is 0.100. The SMILES string of the molecule is Oc1csc(=S)n1S. The third-order valence-corrected chi connectivity index (χ3v) is 2.51. The zero-order chi connectivity index (χ0) is 6.15. The Morgan fingerprint density at radius 3 is 2.62 bits per heavy atom. The summed E-state index contributed by atoms with van der Waals surface area (Å²) in [7, 11) is 0. The van der Waals surface area contributed by atoms with Crippen molar-refractivity contribution >= 4 is 36.4 Å². The van der Waals surface area contributed by atoms with E-state index in [1.807, 2.05) is 0 Å². The summed E-state index contributed by atoms with van der Waals surface area (Å²) in [6.07, 6.45) is 0. The number of aromatic hydroxyl groups is 1. The summed E-state index contributed by atoms with van der Waals surface area (Å²) >= 11 is 9.84. The van der Waals surface area contributed by atoms with Crippen LogP contribution in [-0.2, 0) is 0 Å². The highest BCUT2D eigenvalue weighted by Gasteiger charge is 1.93. The third-order valence-electron chi connectivity index (χ3n) is 0.655. The number of hydrogen-bond acceptors (Lipinski definition) is 4. The molecular weight excluding hydrogens is 162 g/mol. The number of hydrogen-bond donors (Lipinski definition) is 2. The molecule has 2 nitrogen and oxygen atoms in total. The minimum Gasteiger partial charge on any atom is -0.493 e. The van der Waals surface area contributed by atoms with E-state index in [-0.39, 0.29) is 5.88 Å². The van der Waals surface area contributed by atoms with Crippen molar-refractivity contribution in [1.82, 2.24) is 3.97 Å². The minimum atomic E-state index is 0.100. The Hall–Kier alpha value is 0. The molecular formula is C3H3NOS3. The lowest BCUT2D eigenvalue weighted by Crippen LogP contribution is -1.73. The summed E-state index contributed by atoms with van der Waals surface area (Å²) in [6, 6.07) is 0. The Bertz CT molecular complexity index is 237. The van der Waals surface area contributed by atoms with Crippen LogP contribution in [0.2, 0.25) is 0 Å². The van der Waals surface area contributed by atoms with Crippen molar-refractivity contribution in [2.75, 3.05) is 0 Å². The molecule has 1 aromatic rings. The quantitative estimate of drug-likeness (QED) is 0.451. The van der Waals surface area contributed by atoms with Crippen LogP contribution in [0.15, 0.2) is 5.38 Å². The molecule has 1 N–H and O–H groups in total. The topological polar surface area (TPSA) is 25.2 Å². The molecule has 0 saturated carbocycles. The average molecular weight is 165 g/mol. The molecule has 0 unspecified atom stereocenters. The van der Waals surface area contributed by atoms with E-state index in [9.17, 15) is 0 Å². The number of thiol groups is 1. The summed E-state index contributed by atoms with van der Waals surface area (Å²) in [5, 5.41) is 10.3. The summed E-state index contributed by atoms with van der Waals surface area (Å²) in [5.41, 5.74) is 0. The number of thiazole rings is 1. The first-order valence-electron chi connectivity index (χ1n) is 1.80. The van der Waals surface area contributed by atoms with E-state index in [2.05, 4.69) is 12.8 Å². The fourth-order valence-electron chi connectivity index (χ4n) is 0.296. The van der Waals surface area contributed by atoms with Gasteiger partial charge in [0.2, 0.25) is 5.88 Å². The van der Waals surface area contributed by atoms with Gasteiger partial charge >= 0.3 is 0 Å². The summed E-state index contributed by atoms with van der Waals surface area (Å²) in [4.78, 5) is 0. The molecule has 5 heteroatoms. The normalized spacial score (nSPS) is 9.62. The molecule has 0 aliphatic heterocycles. The van der Waals surface area contributed by atoms with E-state index < -0.39 is 0 Å². The molecule has 1 rings (SSSR count). The van der Waals surface area contributed by atoms with Gasteiger partial charge in [0.25, 0.3) is 0 Å². The Balaban J connectivity index is 3.41. The fourth-order valence-corrected chi connectivity index (χ4v) is 1.32. The maximum atomic E-state index is 8.77. The molecule has 0 bridgehead atoms. The second kappa shape index (κ2) is 2.08. The molecule has 0 spiro atoms. The van der Waals surface area contributed by atoms with E-state index >= 15 is 0 Å². The molecule has 0 aliphatic rings. The predicted octanol–water partition coefficient (Wildman–Crippen LogP) is 1.68. The van der Waals surface area contributed by atoms with Crippen LogP contribution in [0.25, 0.3) is 0 Å². The highest BCUT2D eigenvalue weighted by atomic mass is 32.1. The fraction of sp³-hybridized carbons (Fsp3) is 0. The lowest BCUT2D eigenvalue weighted by molar-refractivity contribution is 0.452. The largest absolute Gasteiger partial charge is 0.493 e. The number of rotatable bonds is 0. The molecule has 0 aromatic carbocycles. The molecule has 0 saturated heterocycles. The minimum absolute atomic E-state index is 0.100. The number of aromatic nitrogens is 1. The molecule has 0 radical (unpaired) electrons. The Kier molecular flexibility index (Phi) is 1.59. The van der Waals surface area contributed by atoms with Crippen molar-refractivity contribution in [2.24, 2.45) is 0 Å². The lowest BCUT2D eigenvalue weighted by atomic mass is 10.9.